The zero-order valence-corrected chi connectivity index (χ0v) is 21.5. The fraction of sp³-hybridized carbons (Fsp3) is 0.593. The number of ether oxygens (including phenoxy) is 1. The van der Waals surface area contributed by atoms with Crippen LogP contribution in [-0.4, -0.2) is 72.6 Å². The van der Waals surface area contributed by atoms with Crippen LogP contribution in [0.4, 0.5) is 4.79 Å². The highest BCUT2D eigenvalue weighted by Crippen LogP contribution is 2.33. The molecule has 3 heterocycles. The van der Waals surface area contributed by atoms with Crippen molar-refractivity contribution in [2.75, 3.05) is 39.3 Å². The van der Waals surface area contributed by atoms with Gasteiger partial charge >= 0.3 is 12.0 Å². The summed E-state index contributed by atoms with van der Waals surface area (Å²) in [5.74, 6) is -0.692. The van der Waals surface area contributed by atoms with Gasteiger partial charge in [-0.15, -0.1) is 0 Å². The van der Waals surface area contributed by atoms with E-state index in [1.54, 1.807) is 6.92 Å². The molecule has 3 aliphatic heterocycles. The van der Waals surface area contributed by atoms with Gasteiger partial charge in [0.1, 0.15) is 5.54 Å². The molecule has 1 unspecified atom stereocenters. The van der Waals surface area contributed by atoms with Gasteiger partial charge in [-0.05, 0) is 63.2 Å². The van der Waals surface area contributed by atoms with Crippen LogP contribution in [0.3, 0.4) is 0 Å². The lowest BCUT2D eigenvalue weighted by atomic mass is 9.83. The Morgan fingerprint density at radius 1 is 1.06 bits per heavy atom. The van der Waals surface area contributed by atoms with E-state index in [9.17, 15) is 14.4 Å². The summed E-state index contributed by atoms with van der Waals surface area (Å²) in [7, 11) is 0. The summed E-state index contributed by atoms with van der Waals surface area (Å²) in [6.45, 7) is 7.59. The van der Waals surface area contributed by atoms with Crippen molar-refractivity contribution < 1.29 is 19.1 Å². The molecule has 4 rings (SSSR count). The molecule has 2 saturated heterocycles. The van der Waals surface area contributed by atoms with Gasteiger partial charge in [0.2, 0.25) is 5.91 Å². The SMILES string of the molecule is CCOC(=O)C1=C(CN2CCC(C(N)=O)(N3CCCCC3)CC2)NC(=O)NC1c1ccc(CC)cc1. The van der Waals surface area contributed by atoms with Crippen molar-refractivity contribution in [3.05, 3.63) is 46.7 Å². The van der Waals surface area contributed by atoms with E-state index in [0.29, 0.717) is 43.7 Å². The molecule has 1 atom stereocenters. The number of hydrogen-bond donors (Lipinski definition) is 3. The van der Waals surface area contributed by atoms with Crippen molar-refractivity contribution in [3.8, 4) is 0 Å². The number of aryl methyl sites for hydroxylation is 1. The lowest BCUT2D eigenvalue weighted by Crippen LogP contribution is -2.63. The third-order valence-electron chi connectivity index (χ3n) is 7.86. The molecule has 36 heavy (non-hydrogen) atoms. The van der Waals surface area contributed by atoms with E-state index in [2.05, 4.69) is 27.4 Å². The van der Waals surface area contributed by atoms with Crippen LogP contribution in [0.25, 0.3) is 0 Å². The number of urea groups is 1. The van der Waals surface area contributed by atoms with Crippen LogP contribution in [0.15, 0.2) is 35.5 Å². The number of rotatable bonds is 8. The summed E-state index contributed by atoms with van der Waals surface area (Å²) in [6, 6.07) is 6.99. The molecular weight excluding hydrogens is 458 g/mol. The lowest BCUT2D eigenvalue weighted by Gasteiger charge is -2.48. The molecule has 0 aliphatic carbocycles. The van der Waals surface area contributed by atoms with Gasteiger partial charge in [-0.2, -0.15) is 0 Å². The number of esters is 1. The van der Waals surface area contributed by atoms with E-state index < -0.39 is 17.6 Å². The van der Waals surface area contributed by atoms with Crippen LogP contribution in [-0.2, 0) is 20.7 Å². The predicted octanol–water partition coefficient (Wildman–Crippen LogP) is 2.23. The fourth-order valence-corrected chi connectivity index (χ4v) is 5.73. The van der Waals surface area contributed by atoms with Crippen LogP contribution in [0.5, 0.6) is 0 Å². The number of benzene rings is 1. The molecule has 196 valence electrons. The van der Waals surface area contributed by atoms with E-state index >= 15 is 0 Å². The van der Waals surface area contributed by atoms with Crippen LogP contribution < -0.4 is 16.4 Å². The molecule has 9 heteroatoms. The van der Waals surface area contributed by atoms with Crippen LogP contribution in [0.2, 0.25) is 0 Å². The number of likely N-dealkylation sites (tertiary alicyclic amines) is 2. The molecule has 9 nitrogen and oxygen atoms in total. The molecule has 0 radical (unpaired) electrons. The van der Waals surface area contributed by atoms with Gasteiger partial charge in [-0.25, -0.2) is 9.59 Å². The van der Waals surface area contributed by atoms with Gasteiger partial charge in [-0.3, -0.25) is 14.6 Å². The summed E-state index contributed by atoms with van der Waals surface area (Å²) >= 11 is 0. The van der Waals surface area contributed by atoms with Crippen molar-refractivity contribution in [2.24, 2.45) is 5.73 Å². The molecule has 3 amide bonds. The van der Waals surface area contributed by atoms with Gasteiger partial charge in [0, 0.05) is 25.3 Å². The Morgan fingerprint density at radius 2 is 1.72 bits per heavy atom. The third-order valence-corrected chi connectivity index (χ3v) is 7.86. The smallest absolute Gasteiger partial charge is 0.338 e. The van der Waals surface area contributed by atoms with E-state index in [0.717, 1.165) is 37.9 Å². The number of primary amides is 1. The molecule has 1 aromatic rings. The standard InChI is InChI=1S/C27H39N5O4/c1-3-19-8-10-20(11-9-19)23-22(24(33)36-4-2)21(29-26(35)30-23)18-31-16-12-27(13-17-31,25(28)34)32-14-6-5-7-15-32/h8-11,23H,3-7,12-18H2,1-2H3,(H2,28,34)(H2,29,30,35). The number of nitrogens with two attached hydrogens (primary N) is 1. The van der Waals surface area contributed by atoms with E-state index in [1.807, 2.05) is 24.3 Å². The average molecular weight is 498 g/mol. The minimum Gasteiger partial charge on any atom is -0.463 e. The molecule has 0 spiro atoms. The predicted molar refractivity (Wildman–Crippen MR) is 137 cm³/mol. The molecule has 3 aliphatic rings. The second-order valence-electron chi connectivity index (χ2n) is 9.96. The maximum atomic E-state index is 13.1. The maximum absolute atomic E-state index is 13.1. The van der Waals surface area contributed by atoms with E-state index in [-0.39, 0.29) is 18.5 Å². The quantitative estimate of drug-likeness (QED) is 0.474. The minimum atomic E-state index is -0.615. The topological polar surface area (TPSA) is 117 Å². The number of nitrogens with zero attached hydrogens (tertiary/aromatic N) is 2. The first kappa shape index (κ1) is 26.2. The van der Waals surface area contributed by atoms with Crippen molar-refractivity contribution in [2.45, 2.75) is 64.0 Å². The van der Waals surface area contributed by atoms with Gasteiger partial charge in [0.05, 0.1) is 18.2 Å². The van der Waals surface area contributed by atoms with Gasteiger partial charge in [0.25, 0.3) is 0 Å². The Balaban J connectivity index is 1.57. The van der Waals surface area contributed by atoms with Crippen molar-refractivity contribution in [3.63, 3.8) is 0 Å². The first-order valence-electron chi connectivity index (χ1n) is 13.2. The number of nitrogens with one attached hydrogen (secondary N) is 2. The highest BCUT2D eigenvalue weighted by Gasteiger charge is 2.45. The molecule has 4 N–H and O–H groups in total. The number of carbonyl (C=O) groups is 3. The Morgan fingerprint density at radius 3 is 2.31 bits per heavy atom. The summed E-state index contributed by atoms with van der Waals surface area (Å²) in [5, 5.41) is 5.77. The molecular formula is C27H39N5O4. The molecule has 0 aromatic heterocycles. The van der Waals surface area contributed by atoms with E-state index in [1.165, 1.54) is 12.0 Å². The summed E-state index contributed by atoms with van der Waals surface area (Å²) in [5.41, 5.74) is 8.31. The number of hydrogen-bond acceptors (Lipinski definition) is 6. The van der Waals surface area contributed by atoms with Gasteiger partial charge in [-0.1, -0.05) is 37.6 Å². The Bertz CT molecular complexity index is 992. The maximum Gasteiger partial charge on any atom is 0.338 e. The zero-order valence-electron chi connectivity index (χ0n) is 21.5. The third kappa shape index (κ3) is 5.42. The largest absolute Gasteiger partial charge is 0.463 e. The minimum absolute atomic E-state index is 0.242. The summed E-state index contributed by atoms with van der Waals surface area (Å²) in [6.07, 6.45) is 5.56. The Kier molecular flexibility index (Phi) is 8.31. The lowest BCUT2D eigenvalue weighted by molar-refractivity contribution is -0.139. The van der Waals surface area contributed by atoms with Crippen LogP contribution in [0.1, 0.15) is 63.1 Å². The van der Waals surface area contributed by atoms with Crippen molar-refractivity contribution in [1.82, 2.24) is 20.4 Å². The summed E-state index contributed by atoms with van der Waals surface area (Å²) in [4.78, 5) is 42.8. The second-order valence-corrected chi connectivity index (χ2v) is 9.96. The summed E-state index contributed by atoms with van der Waals surface area (Å²) < 4.78 is 5.40. The molecule has 0 bridgehead atoms. The fourth-order valence-electron chi connectivity index (χ4n) is 5.73. The Labute approximate surface area is 213 Å². The van der Waals surface area contributed by atoms with Gasteiger partial charge < -0.3 is 21.1 Å². The van der Waals surface area contributed by atoms with Crippen LogP contribution >= 0.6 is 0 Å². The van der Waals surface area contributed by atoms with Crippen LogP contribution in [0, 0.1) is 0 Å². The van der Waals surface area contributed by atoms with Gasteiger partial charge in [0.15, 0.2) is 0 Å². The van der Waals surface area contributed by atoms with E-state index in [4.69, 9.17) is 10.5 Å². The van der Waals surface area contributed by atoms with Crippen molar-refractivity contribution in [1.29, 1.82) is 0 Å². The average Bonchev–Trinajstić information content (AvgIpc) is 2.89. The second kappa shape index (κ2) is 11.4. The number of carbonyl (C=O) groups excluding carboxylic acids is 3. The highest BCUT2D eigenvalue weighted by atomic mass is 16.5. The molecule has 1 aromatic carbocycles. The molecule has 0 saturated carbocycles. The Hall–Kier alpha value is -2.91. The van der Waals surface area contributed by atoms with Crippen molar-refractivity contribution >= 4 is 17.9 Å². The number of piperidine rings is 2. The first-order chi connectivity index (χ1) is 17.4. The molecule has 2 fully saturated rings. The number of amides is 3. The first-order valence-corrected chi connectivity index (χ1v) is 13.2. The highest BCUT2D eigenvalue weighted by molar-refractivity contribution is 5.95. The normalized spacial score (nSPS) is 23.1. The monoisotopic (exact) mass is 497 g/mol. The zero-order chi connectivity index (χ0) is 25.7.